The predicted molar refractivity (Wildman–Crippen MR) is 89.0 cm³/mol. The smallest absolute Gasteiger partial charge is 0.311 e. The van der Waals surface area contributed by atoms with Gasteiger partial charge in [0.2, 0.25) is 0 Å². The summed E-state index contributed by atoms with van der Waals surface area (Å²) in [6.07, 6.45) is 3.96. The van der Waals surface area contributed by atoms with Crippen LogP contribution >= 0.6 is 0 Å². The second kappa shape index (κ2) is 6.70. The van der Waals surface area contributed by atoms with Crippen LogP contribution in [0.4, 0.5) is 4.39 Å². The summed E-state index contributed by atoms with van der Waals surface area (Å²) in [4.78, 5) is 23.5. The molecule has 0 unspecified atom stereocenters. The molecular formula is C19H20FNO4. The van der Waals surface area contributed by atoms with Gasteiger partial charge in [-0.05, 0) is 37.5 Å². The zero-order valence-corrected chi connectivity index (χ0v) is 14.0. The fraction of sp³-hybridized carbons (Fsp3) is 0.368. The molecule has 1 aliphatic carbocycles. The summed E-state index contributed by atoms with van der Waals surface area (Å²) in [5, 5.41) is 11.8. The topological polar surface area (TPSA) is 79.5 Å². The predicted octanol–water partition coefficient (Wildman–Crippen LogP) is 3.21. The highest BCUT2D eigenvalue weighted by Gasteiger charge is 2.39. The lowest BCUT2D eigenvalue weighted by Gasteiger charge is -2.42. The first-order valence-electron chi connectivity index (χ1n) is 8.24. The van der Waals surface area contributed by atoms with Crippen molar-refractivity contribution in [2.24, 2.45) is 0 Å². The molecule has 1 aromatic heterocycles. The number of benzene rings is 1. The third-order valence-electron chi connectivity index (χ3n) is 4.94. The maximum Gasteiger partial charge on any atom is 0.311 e. The van der Waals surface area contributed by atoms with Gasteiger partial charge in [0, 0.05) is 17.5 Å². The van der Waals surface area contributed by atoms with E-state index in [0.29, 0.717) is 12.1 Å². The lowest BCUT2D eigenvalue weighted by Crippen LogP contribution is -2.45. The summed E-state index contributed by atoms with van der Waals surface area (Å²) in [6, 6.07) is 6.39. The Bertz CT molecular complexity index is 790. The Morgan fingerprint density at radius 2 is 1.96 bits per heavy atom. The van der Waals surface area contributed by atoms with Gasteiger partial charge in [-0.15, -0.1) is 0 Å². The number of hydrogen-bond acceptors (Lipinski definition) is 3. The molecule has 0 saturated heterocycles. The number of hydrogen-bond donors (Lipinski definition) is 2. The standard InChI is InChI=1S/C19H20FNO4/c1-12-10-25-15(9-16(22)23)17(12)18(24)21-11-19(7-2-8-19)13-3-5-14(20)6-4-13/h3-6,10H,2,7-9,11H2,1H3,(H,21,24)(H,22,23). The van der Waals surface area contributed by atoms with Crippen molar-refractivity contribution < 1.29 is 23.5 Å². The van der Waals surface area contributed by atoms with Crippen LogP contribution in [-0.2, 0) is 16.6 Å². The fourth-order valence-electron chi connectivity index (χ4n) is 3.38. The maximum absolute atomic E-state index is 13.2. The normalized spacial score (nSPS) is 15.4. The van der Waals surface area contributed by atoms with Gasteiger partial charge in [0.05, 0.1) is 11.8 Å². The molecule has 1 saturated carbocycles. The number of carboxylic acids is 1. The second-order valence-electron chi connectivity index (χ2n) is 6.61. The van der Waals surface area contributed by atoms with Gasteiger partial charge in [0.15, 0.2) is 0 Å². The Morgan fingerprint density at radius 3 is 2.52 bits per heavy atom. The van der Waals surface area contributed by atoms with Crippen LogP contribution in [0.5, 0.6) is 0 Å². The quantitative estimate of drug-likeness (QED) is 0.842. The molecule has 0 atom stereocenters. The molecule has 25 heavy (non-hydrogen) atoms. The summed E-state index contributed by atoms with van der Waals surface area (Å²) >= 11 is 0. The molecule has 2 N–H and O–H groups in total. The van der Waals surface area contributed by atoms with Crippen LogP contribution in [-0.4, -0.2) is 23.5 Å². The highest BCUT2D eigenvalue weighted by atomic mass is 19.1. The molecule has 5 nitrogen and oxygen atoms in total. The van der Waals surface area contributed by atoms with Crippen LogP contribution in [0.1, 0.15) is 46.5 Å². The molecule has 1 heterocycles. The van der Waals surface area contributed by atoms with Gasteiger partial charge in [-0.25, -0.2) is 4.39 Å². The molecule has 3 rings (SSSR count). The van der Waals surface area contributed by atoms with Crippen molar-refractivity contribution in [2.45, 2.75) is 38.0 Å². The van der Waals surface area contributed by atoms with E-state index in [-0.39, 0.29) is 34.9 Å². The maximum atomic E-state index is 13.2. The molecule has 0 bridgehead atoms. The highest BCUT2D eigenvalue weighted by molar-refractivity contribution is 5.97. The van der Waals surface area contributed by atoms with Gasteiger partial charge in [-0.2, -0.15) is 0 Å². The molecule has 0 spiro atoms. The van der Waals surface area contributed by atoms with E-state index in [9.17, 15) is 14.0 Å². The monoisotopic (exact) mass is 345 g/mol. The van der Waals surface area contributed by atoms with Crippen LogP contribution < -0.4 is 5.32 Å². The van der Waals surface area contributed by atoms with E-state index >= 15 is 0 Å². The van der Waals surface area contributed by atoms with Gasteiger partial charge in [-0.1, -0.05) is 18.6 Å². The Kier molecular flexibility index (Phi) is 4.61. The lowest BCUT2D eigenvalue weighted by atomic mass is 9.64. The Labute approximate surface area is 144 Å². The van der Waals surface area contributed by atoms with Crippen LogP contribution in [0.15, 0.2) is 34.9 Å². The van der Waals surface area contributed by atoms with E-state index in [2.05, 4.69) is 5.32 Å². The molecule has 1 aromatic carbocycles. The highest BCUT2D eigenvalue weighted by Crippen LogP contribution is 2.43. The molecule has 6 heteroatoms. The van der Waals surface area contributed by atoms with Crippen LogP contribution in [0.25, 0.3) is 0 Å². The summed E-state index contributed by atoms with van der Waals surface area (Å²) in [6.45, 7) is 2.14. The Morgan fingerprint density at radius 1 is 1.28 bits per heavy atom. The van der Waals surface area contributed by atoms with Crippen molar-refractivity contribution >= 4 is 11.9 Å². The second-order valence-corrected chi connectivity index (χ2v) is 6.61. The number of amides is 1. The van der Waals surface area contributed by atoms with E-state index in [1.807, 2.05) is 0 Å². The number of carbonyl (C=O) groups excluding carboxylic acids is 1. The number of halogens is 1. The number of carbonyl (C=O) groups is 2. The number of aryl methyl sites for hydroxylation is 1. The molecule has 2 aromatic rings. The zero-order valence-electron chi connectivity index (χ0n) is 14.0. The minimum Gasteiger partial charge on any atom is -0.481 e. The first-order chi connectivity index (χ1) is 11.9. The van der Waals surface area contributed by atoms with Crippen LogP contribution in [0.2, 0.25) is 0 Å². The molecule has 1 fully saturated rings. The van der Waals surface area contributed by atoms with Gasteiger partial charge >= 0.3 is 5.97 Å². The Hall–Kier alpha value is -2.63. The SMILES string of the molecule is Cc1coc(CC(=O)O)c1C(=O)NCC1(c2ccc(F)cc2)CCC1. The first-order valence-corrected chi connectivity index (χ1v) is 8.24. The average molecular weight is 345 g/mol. The van der Waals surface area contributed by atoms with E-state index in [4.69, 9.17) is 9.52 Å². The fourth-order valence-corrected chi connectivity index (χ4v) is 3.38. The van der Waals surface area contributed by atoms with Crippen molar-refractivity contribution in [3.05, 3.63) is 58.8 Å². The molecule has 1 amide bonds. The van der Waals surface area contributed by atoms with Gasteiger partial charge in [0.1, 0.15) is 18.0 Å². The van der Waals surface area contributed by atoms with E-state index in [1.54, 1.807) is 19.1 Å². The van der Waals surface area contributed by atoms with Gasteiger partial charge in [-0.3, -0.25) is 9.59 Å². The van der Waals surface area contributed by atoms with Gasteiger partial charge in [0.25, 0.3) is 5.91 Å². The van der Waals surface area contributed by atoms with Crippen molar-refractivity contribution in [2.75, 3.05) is 6.54 Å². The molecule has 0 radical (unpaired) electrons. The largest absolute Gasteiger partial charge is 0.481 e. The van der Waals surface area contributed by atoms with Crippen molar-refractivity contribution in [3.8, 4) is 0 Å². The van der Waals surface area contributed by atoms with Gasteiger partial charge < -0.3 is 14.8 Å². The van der Waals surface area contributed by atoms with Crippen molar-refractivity contribution in [1.82, 2.24) is 5.32 Å². The number of rotatable bonds is 6. The van der Waals surface area contributed by atoms with E-state index < -0.39 is 5.97 Å². The third-order valence-corrected chi connectivity index (χ3v) is 4.94. The average Bonchev–Trinajstić information content (AvgIpc) is 2.87. The van der Waals surface area contributed by atoms with Crippen molar-refractivity contribution in [3.63, 3.8) is 0 Å². The molecule has 132 valence electrons. The first kappa shape index (κ1) is 17.2. The zero-order chi connectivity index (χ0) is 18.0. The summed E-state index contributed by atoms with van der Waals surface area (Å²) in [5.41, 5.74) is 1.72. The lowest BCUT2D eigenvalue weighted by molar-refractivity contribution is -0.136. The van der Waals surface area contributed by atoms with Crippen molar-refractivity contribution in [1.29, 1.82) is 0 Å². The third kappa shape index (κ3) is 3.43. The minimum absolute atomic E-state index is 0.159. The van der Waals surface area contributed by atoms with Crippen LogP contribution in [0, 0.1) is 12.7 Å². The summed E-state index contributed by atoms with van der Waals surface area (Å²) < 4.78 is 18.4. The summed E-state index contributed by atoms with van der Waals surface area (Å²) in [5.74, 6) is -1.51. The number of furan rings is 1. The van der Waals surface area contributed by atoms with Crippen LogP contribution in [0.3, 0.4) is 0 Å². The van der Waals surface area contributed by atoms with E-state index in [1.165, 1.54) is 18.4 Å². The Balaban J connectivity index is 1.74. The number of carboxylic acid groups (broad SMARTS) is 1. The summed E-state index contributed by atoms with van der Waals surface area (Å²) in [7, 11) is 0. The molecular weight excluding hydrogens is 325 g/mol. The molecule has 0 aliphatic heterocycles. The number of nitrogens with one attached hydrogen (secondary N) is 1. The number of aliphatic carboxylic acids is 1. The van der Waals surface area contributed by atoms with E-state index in [0.717, 1.165) is 24.8 Å². The molecule has 1 aliphatic rings. The minimum atomic E-state index is -1.05.